The highest BCUT2D eigenvalue weighted by Gasteiger charge is 2.27. The molecular weight excluding hydrogens is 599 g/mol. The molecule has 3 N–H and O–H groups in total. The van der Waals surface area contributed by atoms with E-state index in [0.29, 0.717) is 17.4 Å². The molecule has 0 aliphatic rings. The number of unbranched alkanes of at least 4 members (excludes halogenated alkanes) is 21. The van der Waals surface area contributed by atoms with Crippen LogP contribution in [0.5, 0.6) is 0 Å². The maximum absolute atomic E-state index is 12.7. The molecule has 0 aromatic heterocycles. The summed E-state index contributed by atoms with van der Waals surface area (Å²) in [4.78, 5) is 22.8. The maximum Gasteiger partial charge on any atom is 0.472 e. The lowest BCUT2D eigenvalue weighted by Gasteiger charge is -2.25. The number of rotatable bonds is 34. The number of hydrogen-bond donors (Lipinski definition) is 3. The fourth-order valence-electron chi connectivity index (χ4n) is 5.39. The van der Waals surface area contributed by atoms with Crippen LogP contribution in [0.25, 0.3) is 0 Å². The van der Waals surface area contributed by atoms with Gasteiger partial charge in [0.1, 0.15) is 13.2 Å². The largest absolute Gasteiger partial charge is 0.472 e. The van der Waals surface area contributed by atoms with Crippen LogP contribution in [0, 0.1) is 0 Å². The van der Waals surface area contributed by atoms with E-state index in [1.54, 1.807) is 6.08 Å². The first-order chi connectivity index (χ1) is 22.0. The molecule has 3 unspecified atom stereocenters. The monoisotopic (exact) mass is 676 g/mol. The number of phosphoric acid groups is 1. The van der Waals surface area contributed by atoms with E-state index in [9.17, 15) is 19.4 Å². The topological polar surface area (TPSA) is 105 Å². The molecule has 0 fully saturated rings. The number of carbonyl (C=O) groups excluding carboxylic acids is 1. The van der Waals surface area contributed by atoms with E-state index in [4.69, 9.17) is 9.05 Å². The Kier molecular flexibility index (Phi) is 29.8. The van der Waals surface area contributed by atoms with Crippen molar-refractivity contribution in [3.63, 3.8) is 0 Å². The van der Waals surface area contributed by atoms with Crippen molar-refractivity contribution in [2.24, 2.45) is 0 Å². The predicted molar refractivity (Wildman–Crippen MR) is 194 cm³/mol. The first kappa shape index (κ1) is 45.2. The minimum Gasteiger partial charge on any atom is -0.387 e. The molecule has 0 bridgehead atoms. The van der Waals surface area contributed by atoms with Gasteiger partial charge in [-0.2, -0.15) is 0 Å². The fraction of sp³-hybridized carbons (Fsp3) is 0.919. The van der Waals surface area contributed by atoms with Gasteiger partial charge in [-0.3, -0.25) is 13.8 Å². The minimum absolute atomic E-state index is 0.0631. The Morgan fingerprint density at radius 2 is 1.15 bits per heavy atom. The average Bonchev–Trinajstić information content (AvgIpc) is 2.99. The molecule has 0 saturated heterocycles. The van der Waals surface area contributed by atoms with Gasteiger partial charge < -0.3 is 19.8 Å². The quantitative estimate of drug-likeness (QED) is 0.0272. The second kappa shape index (κ2) is 30.3. The van der Waals surface area contributed by atoms with Gasteiger partial charge in [0.05, 0.1) is 39.9 Å². The third kappa shape index (κ3) is 31.8. The van der Waals surface area contributed by atoms with E-state index < -0.39 is 20.0 Å². The number of aliphatic hydroxyl groups is 1. The molecule has 8 nitrogen and oxygen atoms in total. The van der Waals surface area contributed by atoms with Crippen molar-refractivity contribution in [2.45, 2.75) is 180 Å². The zero-order valence-corrected chi connectivity index (χ0v) is 31.7. The normalized spacial score (nSPS) is 14.8. The Bertz CT molecular complexity index is 773. The van der Waals surface area contributed by atoms with Crippen molar-refractivity contribution in [1.29, 1.82) is 0 Å². The highest BCUT2D eigenvalue weighted by Crippen LogP contribution is 2.43. The number of nitrogens with one attached hydrogen (secondary N) is 1. The summed E-state index contributed by atoms with van der Waals surface area (Å²) in [5.74, 6) is -0.183. The van der Waals surface area contributed by atoms with Crippen LogP contribution in [0.15, 0.2) is 12.2 Å². The molecular formula is C37H76N2O6P+. The number of nitrogens with zero attached hydrogens (tertiary/aromatic N) is 1. The first-order valence-electron chi connectivity index (χ1n) is 19.1. The van der Waals surface area contributed by atoms with E-state index in [1.807, 2.05) is 27.2 Å². The van der Waals surface area contributed by atoms with Gasteiger partial charge in [0, 0.05) is 6.42 Å². The van der Waals surface area contributed by atoms with Crippen molar-refractivity contribution < 1.29 is 32.9 Å². The number of likely N-dealkylation sites (N-methyl/N-ethyl adjacent to an activating group) is 1. The molecule has 0 aromatic carbocycles. The third-order valence-corrected chi connectivity index (χ3v) is 9.49. The van der Waals surface area contributed by atoms with E-state index in [0.717, 1.165) is 44.9 Å². The average molecular weight is 676 g/mol. The van der Waals surface area contributed by atoms with E-state index in [-0.39, 0.29) is 19.1 Å². The van der Waals surface area contributed by atoms with E-state index in [1.165, 1.54) is 103 Å². The van der Waals surface area contributed by atoms with Gasteiger partial charge >= 0.3 is 7.82 Å². The lowest BCUT2D eigenvalue weighted by molar-refractivity contribution is -0.870. The summed E-state index contributed by atoms with van der Waals surface area (Å²) in [5.41, 5.74) is 0. The molecule has 0 saturated carbocycles. The number of phosphoric ester groups is 1. The van der Waals surface area contributed by atoms with Gasteiger partial charge in [0.15, 0.2) is 0 Å². The van der Waals surface area contributed by atoms with Gasteiger partial charge in [0.2, 0.25) is 5.91 Å². The summed E-state index contributed by atoms with van der Waals surface area (Å²) in [6.07, 6.45) is 31.7. The Labute approximate surface area is 284 Å². The second-order valence-corrected chi connectivity index (χ2v) is 15.8. The Hall–Kier alpha value is -0.760. The van der Waals surface area contributed by atoms with Gasteiger partial charge in [-0.1, -0.05) is 154 Å². The zero-order chi connectivity index (χ0) is 34.4. The summed E-state index contributed by atoms with van der Waals surface area (Å²) >= 11 is 0. The molecule has 0 heterocycles. The summed E-state index contributed by atoms with van der Waals surface area (Å²) in [5, 5.41) is 13.6. The van der Waals surface area contributed by atoms with Crippen LogP contribution in [0.1, 0.15) is 168 Å². The van der Waals surface area contributed by atoms with Gasteiger partial charge in [-0.15, -0.1) is 0 Å². The van der Waals surface area contributed by atoms with Crippen LogP contribution in [0.2, 0.25) is 0 Å². The number of quaternary nitrogens is 1. The molecule has 3 atom stereocenters. The maximum atomic E-state index is 12.7. The molecule has 9 heteroatoms. The number of allylic oxidation sites excluding steroid dienone is 1. The van der Waals surface area contributed by atoms with Crippen molar-refractivity contribution in [1.82, 2.24) is 5.32 Å². The van der Waals surface area contributed by atoms with E-state index >= 15 is 0 Å². The van der Waals surface area contributed by atoms with Gasteiger partial charge in [0.25, 0.3) is 0 Å². The standard InChI is InChI=1S/C37H75N2O6P/c1-6-8-10-12-13-14-15-16-17-18-19-20-21-22-23-24-25-27-29-31-37(41)38-35(36(40)30-28-26-11-9-7-2)34-45-46(42,43)44-33-32-39(3,4)5/h28,30,35-36,40H,6-27,29,31-34H2,1-5H3,(H-,38,41,42,43)/p+1/b30-28+. The minimum atomic E-state index is -4.31. The highest BCUT2D eigenvalue weighted by molar-refractivity contribution is 7.47. The van der Waals surface area contributed by atoms with E-state index in [2.05, 4.69) is 19.2 Å². The number of hydrogen-bond acceptors (Lipinski definition) is 5. The predicted octanol–water partition coefficient (Wildman–Crippen LogP) is 9.63. The van der Waals surface area contributed by atoms with Crippen LogP contribution in [0.4, 0.5) is 0 Å². The molecule has 0 rings (SSSR count). The molecule has 0 spiro atoms. The number of aliphatic hydroxyl groups excluding tert-OH is 1. The summed E-state index contributed by atoms with van der Waals surface area (Å²) in [6, 6.07) is -0.835. The zero-order valence-electron chi connectivity index (χ0n) is 30.8. The Morgan fingerprint density at radius 1 is 0.717 bits per heavy atom. The molecule has 1 amide bonds. The van der Waals surface area contributed by atoms with Crippen molar-refractivity contribution >= 4 is 13.7 Å². The third-order valence-electron chi connectivity index (χ3n) is 8.51. The molecule has 46 heavy (non-hydrogen) atoms. The van der Waals surface area contributed by atoms with Crippen LogP contribution >= 0.6 is 7.82 Å². The second-order valence-electron chi connectivity index (χ2n) is 14.3. The smallest absolute Gasteiger partial charge is 0.387 e. The molecule has 0 radical (unpaired) electrons. The van der Waals surface area contributed by atoms with Crippen molar-refractivity contribution in [2.75, 3.05) is 40.9 Å². The van der Waals surface area contributed by atoms with Crippen LogP contribution in [-0.2, 0) is 18.4 Å². The summed E-state index contributed by atoms with van der Waals surface area (Å²) in [6.45, 7) is 4.70. The van der Waals surface area contributed by atoms with Gasteiger partial charge in [-0.05, 0) is 19.3 Å². The van der Waals surface area contributed by atoms with Crippen molar-refractivity contribution in [3.8, 4) is 0 Å². The lowest BCUT2D eigenvalue weighted by atomic mass is 10.0. The highest BCUT2D eigenvalue weighted by atomic mass is 31.2. The number of carbonyl (C=O) groups is 1. The van der Waals surface area contributed by atoms with Gasteiger partial charge in [-0.25, -0.2) is 4.57 Å². The molecule has 0 aromatic rings. The SMILES string of the molecule is CCCCC/C=C/C(O)C(COP(=O)(O)OCC[N+](C)(C)C)NC(=O)CCCCCCCCCCCCCCCCCCCCC. The van der Waals surface area contributed by atoms with Crippen molar-refractivity contribution in [3.05, 3.63) is 12.2 Å². The lowest BCUT2D eigenvalue weighted by Crippen LogP contribution is -2.45. The molecule has 0 aliphatic heterocycles. The summed E-state index contributed by atoms with van der Waals surface area (Å²) < 4.78 is 23.3. The Balaban J connectivity index is 4.16. The Morgan fingerprint density at radius 3 is 1.61 bits per heavy atom. The van der Waals surface area contributed by atoms with Crippen LogP contribution in [-0.4, -0.2) is 73.4 Å². The molecule has 0 aliphatic carbocycles. The summed E-state index contributed by atoms with van der Waals surface area (Å²) in [7, 11) is 1.57. The van der Waals surface area contributed by atoms with Crippen LogP contribution in [0.3, 0.4) is 0 Å². The fourth-order valence-corrected chi connectivity index (χ4v) is 6.13. The first-order valence-corrected chi connectivity index (χ1v) is 20.6. The molecule has 274 valence electrons. The number of amides is 1. The van der Waals surface area contributed by atoms with Crippen LogP contribution < -0.4 is 5.32 Å².